The van der Waals surface area contributed by atoms with Crippen LogP contribution in [-0.2, 0) is 6.54 Å². The second kappa shape index (κ2) is 7.09. The maximum Gasteiger partial charge on any atom is 0.198 e. The Morgan fingerprint density at radius 3 is 2.87 bits per heavy atom. The lowest BCUT2D eigenvalue weighted by Gasteiger charge is -2.05. The summed E-state index contributed by atoms with van der Waals surface area (Å²) in [6, 6.07) is 5.92. The molecule has 4 aromatic rings. The third kappa shape index (κ3) is 3.36. The van der Waals surface area contributed by atoms with E-state index in [4.69, 9.17) is 4.99 Å². The lowest BCUT2D eigenvalue weighted by atomic mass is 10.0. The van der Waals surface area contributed by atoms with Gasteiger partial charge in [0, 0.05) is 41.6 Å². The van der Waals surface area contributed by atoms with Gasteiger partial charge < -0.3 is 10.1 Å². The number of rotatable bonds is 5. The average Bonchev–Trinajstić information content (AvgIpc) is 3.37. The molecule has 2 N–H and O–H groups in total. The number of pyridine rings is 2. The zero-order valence-corrected chi connectivity index (χ0v) is 17.3. The quantitative estimate of drug-likeness (QED) is 0.475. The normalized spacial score (nSPS) is 14.6. The van der Waals surface area contributed by atoms with Crippen LogP contribution in [0.25, 0.3) is 22.2 Å². The summed E-state index contributed by atoms with van der Waals surface area (Å²) >= 11 is 0. The van der Waals surface area contributed by atoms with Crippen molar-refractivity contribution >= 4 is 22.4 Å². The van der Waals surface area contributed by atoms with Gasteiger partial charge >= 0.3 is 0 Å². The summed E-state index contributed by atoms with van der Waals surface area (Å²) in [6.45, 7) is 6.94. The predicted octanol–water partition coefficient (Wildman–Crippen LogP) is 4.69. The molecule has 0 unspecified atom stereocenters. The number of aromatic nitrogens is 5. The van der Waals surface area contributed by atoms with Gasteiger partial charge in [-0.15, -0.1) is 0 Å². The van der Waals surface area contributed by atoms with Crippen molar-refractivity contribution in [2.45, 2.75) is 40.2 Å². The topological polar surface area (TPSA) is 92.0 Å². The van der Waals surface area contributed by atoms with E-state index in [2.05, 4.69) is 27.0 Å². The van der Waals surface area contributed by atoms with E-state index in [1.54, 1.807) is 12.4 Å². The number of aliphatic imine (C=N–C) groups is 1. The first kappa shape index (κ1) is 18.5. The molecule has 30 heavy (non-hydrogen) atoms. The third-order valence-corrected chi connectivity index (χ3v) is 5.72. The van der Waals surface area contributed by atoms with E-state index in [9.17, 15) is 5.11 Å². The second-order valence-electron chi connectivity index (χ2n) is 8.12. The van der Waals surface area contributed by atoms with E-state index >= 15 is 0 Å². The maximum absolute atomic E-state index is 10.6. The minimum Gasteiger partial charge on any atom is -0.494 e. The summed E-state index contributed by atoms with van der Waals surface area (Å²) in [4.78, 5) is 16.5. The van der Waals surface area contributed by atoms with Crippen molar-refractivity contribution in [2.75, 3.05) is 0 Å². The standard InChI is InChI=1S/C23H24N6O/c1-13-6-7-24-10-18(13)19-9-17-20(11-25-19)27-23(30)22(17)15(3)26-21-8-14(2)29(28-21)12-16-4-5-16/h6-11,16,27,30H,4-5,12H2,1-3H3. The van der Waals surface area contributed by atoms with Crippen LogP contribution in [0.4, 0.5) is 5.82 Å². The van der Waals surface area contributed by atoms with Crippen LogP contribution in [0.15, 0.2) is 41.8 Å². The van der Waals surface area contributed by atoms with Crippen LogP contribution in [0.1, 0.15) is 36.6 Å². The molecule has 0 radical (unpaired) electrons. The first-order valence-corrected chi connectivity index (χ1v) is 10.2. The van der Waals surface area contributed by atoms with Crippen molar-refractivity contribution < 1.29 is 5.11 Å². The highest BCUT2D eigenvalue weighted by Gasteiger charge is 2.23. The smallest absolute Gasteiger partial charge is 0.198 e. The van der Waals surface area contributed by atoms with Crippen LogP contribution in [0.2, 0.25) is 0 Å². The van der Waals surface area contributed by atoms with E-state index in [0.29, 0.717) is 17.1 Å². The number of nitrogens with one attached hydrogen (secondary N) is 1. The molecule has 0 aliphatic heterocycles. The Balaban J connectivity index is 1.56. The maximum atomic E-state index is 10.6. The Hall–Kier alpha value is -3.48. The summed E-state index contributed by atoms with van der Waals surface area (Å²) in [6.07, 6.45) is 7.89. The van der Waals surface area contributed by atoms with Gasteiger partial charge in [-0.3, -0.25) is 14.6 Å². The van der Waals surface area contributed by atoms with Crippen molar-refractivity contribution in [3.8, 4) is 17.1 Å². The molecule has 4 aromatic heterocycles. The second-order valence-corrected chi connectivity index (χ2v) is 8.12. The van der Waals surface area contributed by atoms with Crippen molar-refractivity contribution in [3.05, 3.63) is 53.6 Å². The number of aryl methyl sites for hydroxylation is 2. The van der Waals surface area contributed by atoms with Gasteiger partial charge in [0.15, 0.2) is 11.7 Å². The number of hydrogen-bond acceptors (Lipinski definition) is 5. The molecule has 152 valence electrons. The van der Waals surface area contributed by atoms with Crippen LogP contribution < -0.4 is 0 Å². The summed E-state index contributed by atoms with van der Waals surface area (Å²) in [5, 5.41) is 16.1. The zero-order valence-electron chi connectivity index (χ0n) is 17.3. The van der Waals surface area contributed by atoms with E-state index in [0.717, 1.165) is 45.9 Å². The molecule has 1 aliphatic rings. The highest BCUT2D eigenvalue weighted by molar-refractivity contribution is 6.13. The molecule has 0 spiro atoms. The van der Waals surface area contributed by atoms with Crippen LogP contribution in [-0.4, -0.2) is 35.6 Å². The van der Waals surface area contributed by atoms with Gasteiger partial charge in [-0.25, -0.2) is 4.99 Å². The Labute approximate surface area is 174 Å². The number of nitrogens with zero attached hydrogens (tertiary/aromatic N) is 5. The van der Waals surface area contributed by atoms with Gasteiger partial charge in [0.2, 0.25) is 0 Å². The zero-order chi connectivity index (χ0) is 20.8. The molecule has 0 atom stereocenters. The molecule has 1 aliphatic carbocycles. The minimum atomic E-state index is 0.0854. The van der Waals surface area contributed by atoms with Crippen molar-refractivity contribution in [2.24, 2.45) is 10.9 Å². The Kier molecular flexibility index (Phi) is 4.38. The molecule has 5 rings (SSSR count). The fourth-order valence-electron chi connectivity index (χ4n) is 3.83. The van der Waals surface area contributed by atoms with Gasteiger partial charge in [0.1, 0.15) is 0 Å². The average molecular weight is 400 g/mol. The number of fused-ring (bicyclic) bond motifs is 1. The molecule has 0 aromatic carbocycles. The third-order valence-electron chi connectivity index (χ3n) is 5.72. The molecule has 7 nitrogen and oxygen atoms in total. The lowest BCUT2D eigenvalue weighted by molar-refractivity contribution is 0.457. The molecule has 7 heteroatoms. The Bertz CT molecular complexity index is 1280. The SMILES string of the molecule is CC(=Nc1cc(C)n(CC2CC2)n1)c1c(O)[nH]c2cnc(-c3cnccc3C)cc12. The predicted molar refractivity (Wildman–Crippen MR) is 117 cm³/mol. The van der Waals surface area contributed by atoms with Gasteiger partial charge in [0.05, 0.1) is 28.7 Å². The highest BCUT2D eigenvalue weighted by Crippen LogP contribution is 2.33. The summed E-state index contributed by atoms with van der Waals surface area (Å²) in [5.74, 6) is 1.50. The van der Waals surface area contributed by atoms with Crippen LogP contribution in [0, 0.1) is 19.8 Å². The molecule has 1 saturated carbocycles. The molecular weight excluding hydrogens is 376 g/mol. The van der Waals surface area contributed by atoms with E-state index < -0.39 is 0 Å². The number of H-pyrrole nitrogens is 1. The van der Waals surface area contributed by atoms with Gasteiger partial charge in [0.25, 0.3) is 0 Å². The van der Waals surface area contributed by atoms with Gasteiger partial charge in [-0.05, 0) is 57.2 Å². The van der Waals surface area contributed by atoms with Crippen LogP contribution in [0.5, 0.6) is 5.88 Å². The Morgan fingerprint density at radius 1 is 1.27 bits per heavy atom. The largest absolute Gasteiger partial charge is 0.494 e. The fourth-order valence-corrected chi connectivity index (χ4v) is 3.83. The van der Waals surface area contributed by atoms with E-state index in [-0.39, 0.29) is 5.88 Å². The molecule has 0 bridgehead atoms. The molecular formula is C23H24N6O. The monoisotopic (exact) mass is 400 g/mol. The van der Waals surface area contributed by atoms with Crippen LogP contribution in [0.3, 0.4) is 0 Å². The molecule has 0 saturated heterocycles. The molecule has 0 amide bonds. The van der Waals surface area contributed by atoms with Crippen LogP contribution >= 0.6 is 0 Å². The minimum absolute atomic E-state index is 0.0854. The summed E-state index contributed by atoms with van der Waals surface area (Å²) < 4.78 is 2.03. The number of aromatic amines is 1. The van der Waals surface area contributed by atoms with Gasteiger partial charge in [-0.1, -0.05) is 0 Å². The number of hydrogen-bond donors (Lipinski definition) is 2. The van der Waals surface area contributed by atoms with Crippen molar-refractivity contribution in [1.29, 1.82) is 0 Å². The first-order valence-electron chi connectivity index (χ1n) is 10.2. The van der Waals surface area contributed by atoms with E-state index in [1.807, 2.05) is 42.9 Å². The summed E-state index contributed by atoms with van der Waals surface area (Å²) in [7, 11) is 0. The first-order chi connectivity index (χ1) is 14.5. The van der Waals surface area contributed by atoms with Crippen molar-refractivity contribution in [1.82, 2.24) is 24.7 Å². The molecule has 1 fully saturated rings. The summed E-state index contributed by atoms with van der Waals surface area (Å²) in [5.41, 5.74) is 6.12. The number of aromatic hydroxyl groups is 1. The van der Waals surface area contributed by atoms with Crippen molar-refractivity contribution in [3.63, 3.8) is 0 Å². The molecule has 4 heterocycles. The highest BCUT2D eigenvalue weighted by atomic mass is 16.3. The lowest BCUT2D eigenvalue weighted by Crippen LogP contribution is -2.03. The van der Waals surface area contributed by atoms with E-state index in [1.165, 1.54) is 12.8 Å². The van der Waals surface area contributed by atoms with Gasteiger partial charge in [-0.2, -0.15) is 5.10 Å². The Morgan fingerprint density at radius 2 is 2.10 bits per heavy atom. The fraction of sp³-hybridized carbons (Fsp3) is 0.304.